The van der Waals surface area contributed by atoms with E-state index in [4.69, 9.17) is 5.11 Å². The van der Waals surface area contributed by atoms with E-state index >= 15 is 0 Å². The first kappa shape index (κ1) is 19.1. The molecule has 1 saturated heterocycles. The Morgan fingerprint density at radius 1 is 1.22 bits per heavy atom. The van der Waals surface area contributed by atoms with Crippen LogP contribution in [-0.2, 0) is 16.0 Å². The Labute approximate surface area is 156 Å². The van der Waals surface area contributed by atoms with Crippen molar-refractivity contribution >= 4 is 17.9 Å². The molecule has 1 heterocycles. The van der Waals surface area contributed by atoms with Crippen molar-refractivity contribution in [1.82, 2.24) is 15.5 Å². The molecule has 8 heteroatoms. The maximum atomic E-state index is 13.9. The van der Waals surface area contributed by atoms with E-state index in [2.05, 4.69) is 10.6 Å². The molecule has 2 fully saturated rings. The van der Waals surface area contributed by atoms with Gasteiger partial charge in [0.25, 0.3) is 0 Å². The lowest BCUT2D eigenvalue weighted by molar-refractivity contribution is -0.131. The summed E-state index contributed by atoms with van der Waals surface area (Å²) in [5.41, 5.74) is 0.361. The monoisotopic (exact) mass is 377 g/mol. The van der Waals surface area contributed by atoms with Gasteiger partial charge in [-0.05, 0) is 37.3 Å². The smallest absolute Gasteiger partial charge is 0.404 e. The number of hydrogen-bond donors (Lipinski definition) is 3. The van der Waals surface area contributed by atoms with Crippen molar-refractivity contribution in [2.75, 3.05) is 13.1 Å². The van der Waals surface area contributed by atoms with Crippen LogP contribution >= 0.6 is 0 Å². The molecule has 2 atom stereocenters. The third kappa shape index (κ3) is 5.42. The van der Waals surface area contributed by atoms with E-state index in [1.165, 1.54) is 6.07 Å². The second-order valence-corrected chi connectivity index (χ2v) is 7.25. The lowest BCUT2D eigenvalue weighted by atomic mass is 10.0. The Morgan fingerprint density at radius 2 is 1.96 bits per heavy atom. The summed E-state index contributed by atoms with van der Waals surface area (Å²) in [6.07, 6.45) is 1.35. The van der Waals surface area contributed by atoms with Gasteiger partial charge in [-0.15, -0.1) is 0 Å². The van der Waals surface area contributed by atoms with E-state index in [0.717, 1.165) is 12.8 Å². The first-order valence-corrected chi connectivity index (χ1v) is 9.23. The first-order chi connectivity index (χ1) is 12.9. The molecule has 3 amide bonds. The highest BCUT2D eigenvalue weighted by Crippen LogP contribution is 2.29. The second-order valence-electron chi connectivity index (χ2n) is 7.25. The highest BCUT2D eigenvalue weighted by atomic mass is 19.1. The quantitative estimate of drug-likeness (QED) is 0.671. The SMILES string of the molecule is O=C(O)N[C@@H](CC(=O)N1CC[C@@H](NC(=O)C2CC2)C1)Cc1ccccc1F. The normalized spacial score (nSPS) is 20.2. The highest BCUT2D eigenvalue weighted by molar-refractivity contribution is 5.81. The van der Waals surface area contributed by atoms with Crippen LogP contribution in [0.2, 0.25) is 0 Å². The van der Waals surface area contributed by atoms with Gasteiger partial charge in [0.2, 0.25) is 11.8 Å². The Bertz CT molecular complexity index is 723. The maximum Gasteiger partial charge on any atom is 0.404 e. The molecule has 146 valence electrons. The van der Waals surface area contributed by atoms with Gasteiger partial charge >= 0.3 is 6.09 Å². The second kappa shape index (κ2) is 8.37. The molecule has 2 aliphatic rings. The van der Waals surface area contributed by atoms with Gasteiger partial charge < -0.3 is 20.6 Å². The van der Waals surface area contributed by atoms with Crippen molar-refractivity contribution in [3.8, 4) is 0 Å². The van der Waals surface area contributed by atoms with Crippen molar-refractivity contribution in [3.05, 3.63) is 35.6 Å². The summed E-state index contributed by atoms with van der Waals surface area (Å²) in [4.78, 5) is 37.1. The molecule has 3 rings (SSSR count). The Kier molecular flexibility index (Phi) is 5.93. The summed E-state index contributed by atoms with van der Waals surface area (Å²) < 4.78 is 13.9. The van der Waals surface area contributed by atoms with E-state index < -0.39 is 18.0 Å². The summed E-state index contributed by atoms with van der Waals surface area (Å²) in [6.45, 7) is 0.949. The average Bonchev–Trinajstić information content (AvgIpc) is 3.36. The van der Waals surface area contributed by atoms with Gasteiger partial charge in [-0.25, -0.2) is 9.18 Å². The molecule has 1 saturated carbocycles. The van der Waals surface area contributed by atoms with E-state index in [0.29, 0.717) is 25.1 Å². The number of nitrogens with zero attached hydrogens (tertiary/aromatic N) is 1. The summed E-state index contributed by atoms with van der Waals surface area (Å²) in [7, 11) is 0. The van der Waals surface area contributed by atoms with Crippen LogP contribution in [0.25, 0.3) is 0 Å². The fourth-order valence-corrected chi connectivity index (χ4v) is 3.39. The minimum Gasteiger partial charge on any atom is -0.465 e. The van der Waals surface area contributed by atoms with Crippen molar-refractivity contribution < 1.29 is 23.9 Å². The Hall–Kier alpha value is -2.64. The van der Waals surface area contributed by atoms with Crippen molar-refractivity contribution in [3.63, 3.8) is 0 Å². The lowest BCUT2D eigenvalue weighted by Crippen LogP contribution is -2.42. The maximum absolute atomic E-state index is 13.9. The molecule has 0 spiro atoms. The van der Waals surface area contributed by atoms with Crippen LogP contribution in [0.3, 0.4) is 0 Å². The highest BCUT2D eigenvalue weighted by Gasteiger charge is 2.34. The summed E-state index contributed by atoms with van der Waals surface area (Å²) in [6, 6.07) is 5.35. The zero-order chi connectivity index (χ0) is 19.4. The van der Waals surface area contributed by atoms with Gasteiger partial charge in [0, 0.05) is 37.5 Å². The van der Waals surface area contributed by atoms with Gasteiger partial charge in [0.05, 0.1) is 0 Å². The molecule has 0 radical (unpaired) electrons. The average molecular weight is 377 g/mol. The van der Waals surface area contributed by atoms with E-state index in [-0.39, 0.29) is 36.6 Å². The van der Waals surface area contributed by atoms with Crippen LogP contribution in [-0.4, -0.2) is 53.1 Å². The predicted octanol–water partition coefficient (Wildman–Crippen LogP) is 1.52. The number of carboxylic acid groups (broad SMARTS) is 1. The third-order valence-electron chi connectivity index (χ3n) is 5.01. The van der Waals surface area contributed by atoms with E-state index in [9.17, 15) is 18.8 Å². The van der Waals surface area contributed by atoms with E-state index in [1.54, 1.807) is 23.1 Å². The molecular formula is C19H24FN3O4. The van der Waals surface area contributed by atoms with Gasteiger partial charge in [0.15, 0.2) is 0 Å². The topological polar surface area (TPSA) is 98.7 Å². The summed E-state index contributed by atoms with van der Waals surface area (Å²) >= 11 is 0. The number of benzene rings is 1. The molecular weight excluding hydrogens is 353 g/mol. The van der Waals surface area contributed by atoms with Gasteiger partial charge in [-0.3, -0.25) is 9.59 Å². The van der Waals surface area contributed by atoms with Gasteiger partial charge in [-0.2, -0.15) is 0 Å². The zero-order valence-electron chi connectivity index (χ0n) is 15.0. The fourth-order valence-electron chi connectivity index (χ4n) is 3.39. The van der Waals surface area contributed by atoms with Crippen LogP contribution < -0.4 is 10.6 Å². The molecule has 27 heavy (non-hydrogen) atoms. The summed E-state index contributed by atoms with van der Waals surface area (Å²) in [5, 5.41) is 14.3. The number of hydrogen-bond acceptors (Lipinski definition) is 3. The van der Waals surface area contributed by atoms with Crippen LogP contribution in [0.4, 0.5) is 9.18 Å². The number of nitrogens with one attached hydrogen (secondary N) is 2. The largest absolute Gasteiger partial charge is 0.465 e. The number of carbonyl (C=O) groups excluding carboxylic acids is 2. The fraction of sp³-hybridized carbons (Fsp3) is 0.526. The lowest BCUT2D eigenvalue weighted by Gasteiger charge is -2.22. The summed E-state index contributed by atoms with van der Waals surface area (Å²) in [5.74, 6) is -0.446. The van der Waals surface area contributed by atoms with Crippen LogP contribution in [0.15, 0.2) is 24.3 Å². The molecule has 1 aromatic carbocycles. The molecule has 0 bridgehead atoms. The zero-order valence-corrected chi connectivity index (χ0v) is 15.0. The molecule has 1 aliphatic heterocycles. The van der Waals surface area contributed by atoms with Crippen LogP contribution in [0, 0.1) is 11.7 Å². The number of likely N-dealkylation sites (tertiary alicyclic amines) is 1. The van der Waals surface area contributed by atoms with Crippen molar-refractivity contribution in [2.24, 2.45) is 5.92 Å². The van der Waals surface area contributed by atoms with E-state index in [1.807, 2.05) is 0 Å². The molecule has 7 nitrogen and oxygen atoms in total. The molecule has 1 aliphatic carbocycles. The molecule has 0 aromatic heterocycles. The number of amides is 3. The standard InChI is InChI=1S/C19H24FN3O4/c20-16-4-2-1-3-13(16)9-15(22-19(26)27)10-17(24)23-8-7-14(11-23)21-18(25)12-5-6-12/h1-4,12,14-15,22H,5-11H2,(H,21,25)(H,26,27)/t14-,15-/m1/s1. The first-order valence-electron chi connectivity index (χ1n) is 9.23. The minimum absolute atomic E-state index is 0.0517. The molecule has 3 N–H and O–H groups in total. The number of rotatable bonds is 7. The minimum atomic E-state index is -1.25. The van der Waals surface area contributed by atoms with Gasteiger partial charge in [0.1, 0.15) is 5.82 Å². The Morgan fingerprint density at radius 3 is 2.63 bits per heavy atom. The van der Waals surface area contributed by atoms with Crippen molar-refractivity contribution in [2.45, 2.75) is 44.2 Å². The Balaban J connectivity index is 1.55. The predicted molar refractivity (Wildman–Crippen MR) is 95.5 cm³/mol. The van der Waals surface area contributed by atoms with Crippen LogP contribution in [0.1, 0.15) is 31.2 Å². The number of carbonyl (C=O) groups is 3. The van der Waals surface area contributed by atoms with Crippen LogP contribution in [0.5, 0.6) is 0 Å². The third-order valence-corrected chi connectivity index (χ3v) is 5.01. The number of halogens is 1. The molecule has 1 aromatic rings. The molecule has 0 unspecified atom stereocenters. The van der Waals surface area contributed by atoms with Crippen molar-refractivity contribution in [1.29, 1.82) is 0 Å². The van der Waals surface area contributed by atoms with Gasteiger partial charge in [-0.1, -0.05) is 18.2 Å².